The predicted octanol–water partition coefficient (Wildman–Crippen LogP) is 3.90. The van der Waals surface area contributed by atoms with Crippen LogP contribution in [0.25, 0.3) is 0 Å². The molecule has 124 valence electrons. The zero-order chi connectivity index (χ0) is 16.8. The Morgan fingerprint density at radius 3 is 2.32 bits per heavy atom. The van der Waals surface area contributed by atoms with Crippen LogP contribution in [0.4, 0.5) is 8.78 Å². The molecule has 0 amide bonds. The van der Waals surface area contributed by atoms with Crippen LogP contribution >= 0.6 is 0 Å². The lowest BCUT2D eigenvalue weighted by atomic mass is 9.96. The van der Waals surface area contributed by atoms with Gasteiger partial charge in [0.2, 0.25) is 0 Å². The van der Waals surface area contributed by atoms with Crippen LogP contribution in [-0.4, -0.2) is 23.6 Å². The zero-order valence-electron chi connectivity index (χ0n) is 13.3. The first-order chi connectivity index (χ1) is 10.3. The van der Waals surface area contributed by atoms with E-state index in [1.54, 1.807) is 24.3 Å². The Hall–Kier alpha value is -1.49. The minimum atomic E-state index is -2.74. The van der Waals surface area contributed by atoms with Crippen molar-refractivity contribution >= 4 is 5.97 Å². The lowest BCUT2D eigenvalue weighted by Crippen LogP contribution is -2.26. The van der Waals surface area contributed by atoms with E-state index >= 15 is 0 Å². The molecule has 0 aliphatic rings. The highest BCUT2D eigenvalue weighted by Gasteiger charge is 2.33. The third-order valence-electron chi connectivity index (χ3n) is 3.60. The van der Waals surface area contributed by atoms with Crippen molar-refractivity contribution in [3.63, 3.8) is 0 Å². The van der Waals surface area contributed by atoms with E-state index in [0.717, 1.165) is 5.56 Å². The number of benzene rings is 1. The molecule has 3 nitrogen and oxygen atoms in total. The van der Waals surface area contributed by atoms with Crippen molar-refractivity contribution in [2.45, 2.75) is 52.1 Å². The maximum Gasteiger partial charge on any atom is 0.308 e. The normalized spacial score (nSPS) is 13.2. The van der Waals surface area contributed by atoms with E-state index in [1.165, 1.54) is 13.8 Å². The van der Waals surface area contributed by atoms with Crippen LogP contribution in [-0.2, 0) is 16.0 Å². The molecule has 1 aromatic rings. The summed E-state index contributed by atoms with van der Waals surface area (Å²) in [5.41, 5.74) is 1.32. The van der Waals surface area contributed by atoms with Crippen LogP contribution in [0.3, 0.4) is 0 Å². The quantitative estimate of drug-likeness (QED) is 0.740. The first-order valence-electron chi connectivity index (χ1n) is 7.57. The molecule has 1 atom stereocenters. The predicted molar refractivity (Wildman–Crippen MR) is 80.8 cm³/mol. The molecular formula is C17H24F2O3. The lowest BCUT2D eigenvalue weighted by Gasteiger charge is -2.21. The van der Waals surface area contributed by atoms with Crippen LogP contribution in [0, 0.1) is 5.92 Å². The molecule has 0 fully saturated rings. The topological polar surface area (TPSA) is 46.5 Å². The van der Waals surface area contributed by atoms with Gasteiger partial charge < -0.3 is 9.84 Å². The van der Waals surface area contributed by atoms with Crippen LogP contribution < -0.4 is 0 Å². The number of halogens is 2. The van der Waals surface area contributed by atoms with Crippen molar-refractivity contribution in [3.05, 3.63) is 35.4 Å². The van der Waals surface area contributed by atoms with E-state index in [-0.39, 0.29) is 19.4 Å². The van der Waals surface area contributed by atoms with Crippen molar-refractivity contribution in [1.82, 2.24) is 0 Å². The summed E-state index contributed by atoms with van der Waals surface area (Å²) in [6.07, 6.45) is -0.182. The molecule has 0 spiro atoms. The number of aliphatic hydroxyl groups is 1. The molecule has 0 radical (unpaired) electrons. The summed E-state index contributed by atoms with van der Waals surface area (Å²) in [5.74, 6) is -3.92. The minimum Gasteiger partial charge on any atom is -0.457 e. The van der Waals surface area contributed by atoms with Gasteiger partial charge in [0.15, 0.2) is 0 Å². The molecule has 1 rings (SSSR count). The number of hydrogen-bond acceptors (Lipinski definition) is 3. The molecule has 1 N–H and O–H groups in total. The highest BCUT2D eigenvalue weighted by atomic mass is 19.3. The van der Waals surface area contributed by atoms with Crippen molar-refractivity contribution in [1.29, 1.82) is 0 Å². The maximum absolute atomic E-state index is 13.7. The number of carbonyl (C=O) groups excluding carboxylic acids is 1. The third kappa shape index (κ3) is 5.37. The Bertz CT molecular complexity index is 469. The van der Waals surface area contributed by atoms with Gasteiger partial charge in [-0.3, -0.25) is 4.79 Å². The number of aliphatic hydroxyl groups excluding tert-OH is 1. The molecular weight excluding hydrogens is 290 g/mol. The number of rotatable bonds is 8. The van der Waals surface area contributed by atoms with E-state index in [0.29, 0.717) is 12.0 Å². The van der Waals surface area contributed by atoms with Gasteiger partial charge in [-0.15, -0.1) is 0 Å². The van der Waals surface area contributed by atoms with E-state index in [2.05, 4.69) is 0 Å². The number of alkyl halides is 2. The second-order valence-electron chi connectivity index (χ2n) is 5.69. The minimum absolute atomic E-state index is 0.0464. The summed E-state index contributed by atoms with van der Waals surface area (Å²) in [6.45, 7) is 4.63. The average Bonchev–Trinajstić information content (AvgIpc) is 2.45. The van der Waals surface area contributed by atoms with Gasteiger partial charge in [-0.25, -0.2) is 8.78 Å². The van der Waals surface area contributed by atoms with E-state index in [9.17, 15) is 13.6 Å². The molecule has 0 heterocycles. The fraction of sp³-hybridized carbons (Fsp3) is 0.588. The average molecular weight is 314 g/mol. The molecule has 0 aliphatic heterocycles. The zero-order valence-corrected chi connectivity index (χ0v) is 13.3. The number of ether oxygens (including phenoxy) is 1. The molecule has 0 bridgehead atoms. The molecule has 0 aromatic heterocycles. The molecule has 0 saturated heterocycles. The van der Waals surface area contributed by atoms with Gasteiger partial charge in [0.25, 0.3) is 5.92 Å². The lowest BCUT2D eigenvalue weighted by molar-refractivity contribution is -0.150. The largest absolute Gasteiger partial charge is 0.457 e. The van der Waals surface area contributed by atoms with E-state index in [4.69, 9.17) is 9.84 Å². The van der Waals surface area contributed by atoms with Crippen LogP contribution in [0.15, 0.2) is 24.3 Å². The van der Waals surface area contributed by atoms with Gasteiger partial charge in [0.1, 0.15) is 6.10 Å². The Kier molecular flexibility index (Phi) is 6.94. The van der Waals surface area contributed by atoms with Crippen molar-refractivity contribution in [2.24, 2.45) is 5.92 Å². The van der Waals surface area contributed by atoms with Gasteiger partial charge in [-0.2, -0.15) is 0 Å². The first kappa shape index (κ1) is 18.6. The summed E-state index contributed by atoms with van der Waals surface area (Å²) in [4.78, 5) is 11.4. The van der Waals surface area contributed by atoms with Gasteiger partial charge in [0.05, 0.1) is 13.0 Å². The summed E-state index contributed by atoms with van der Waals surface area (Å²) in [7, 11) is 0. The number of esters is 1. The third-order valence-corrected chi connectivity index (χ3v) is 3.60. The second-order valence-corrected chi connectivity index (χ2v) is 5.69. The Morgan fingerprint density at radius 2 is 1.86 bits per heavy atom. The highest BCUT2D eigenvalue weighted by Crippen LogP contribution is 2.29. The molecule has 22 heavy (non-hydrogen) atoms. The van der Waals surface area contributed by atoms with Gasteiger partial charge in [-0.1, -0.05) is 45.0 Å². The smallest absolute Gasteiger partial charge is 0.308 e. The van der Waals surface area contributed by atoms with Gasteiger partial charge >= 0.3 is 5.97 Å². The monoisotopic (exact) mass is 314 g/mol. The summed E-state index contributed by atoms with van der Waals surface area (Å²) >= 11 is 0. The van der Waals surface area contributed by atoms with Crippen molar-refractivity contribution in [3.8, 4) is 0 Å². The van der Waals surface area contributed by atoms with Gasteiger partial charge in [-0.05, 0) is 17.5 Å². The maximum atomic E-state index is 13.7. The fourth-order valence-corrected chi connectivity index (χ4v) is 2.02. The van der Waals surface area contributed by atoms with E-state index < -0.39 is 23.9 Å². The molecule has 0 saturated carbocycles. The number of hydrogen-bond donors (Lipinski definition) is 1. The summed E-state index contributed by atoms with van der Waals surface area (Å²) < 4.78 is 32.7. The summed E-state index contributed by atoms with van der Waals surface area (Å²) in [5, 5.41) is 8.71. The highest BCUT2D eigenvalue weighted by molar-refractivity contribution is 5.69. The summed E-state index contributed by atoms with van der Waals surface area (Å²) in [6, 6.07) is 6.72. The SMILES string of the molecule is CCC(OC(=O)CCO)c1ccc(CC(F)(F)C(C)C)cc1. The standard InChI is InChI=1S/C17H24F2O3/c1-4-15(22-16(21)9-10-20)14-7-5-13(6-8-14)11-17(18,19)12(2)3/h5-8,12,15,20H,4,9-11H2,1-3H3. The molecule has 1 unspecified atom stereocenters. The van der Waals surface area contributed by atoms with Crippen LogP contribution in [0.2, 0.25) is 0 Å². The second kappa shape index (κ2) is 8.22. The molecule has 5 heteroatoms. The van der Waals surface area contributed by atoms with E-state index in [1.807, 2.05) is 6.92 Å². The first-order valence-corrected chi connectivity index (χ1v) is 7.57. The Labute approximate surface area is 130 Å². The van der Waals surface area contributed by atoms with Gasteiger partial charge in [0, 0.05) is 12.3 Å². The Morgan fingerprint density at radius 1 is 1.27 bits per heavy atom. The molecule has 0 aliphatic carbocycles. The number of carbonyl (C=O) groups is 1. The van der Waals surface area contributed by atoms with Crippen molar-refractivity contribution in [2.75, 3.05) is 6.61 Å². The fourth-order valence-electron chi connectivity index (χ4n) is 2.02. The van der Waals surface area contributed by atoms with Crippen LogP contribution in [0.1, 0.15) is 50.8 Å². The van der Waals surface area contributed by atoms with Crippen LogP contribution in [0.5, 0.6) is 0 Å². The van der Waals surface area contributed by atoms with Crippen molar-refractivity contribution < 1.29 is 23.4 Å². The molecule has 1 aromatic carbocycles. The Balaban J connectivity index is 2.76.